The molecular formula is C48H31N5. The van der Waals surface area contributed by atoms with Gasteiger partial charge in [0, 0.05) is 39.3 Å². The van der Waals surface area contributed by atoms with Crippen molar-refractivity contribution < 1.29 is 0 Å². The van der Waals surface area contributed by atoms with Crippen LogP contribution in [0, 0.1) is 17.9 Å². The van der Waals surface area contributed by atoms with E-state index in [0.29, 0.717) is 17.1 Å². The van der Waals surface area contributed by atoms with Crippen molar-refractivity contribution in [3.63, 3.8) is 0 Å². The predicted octanol–water partition coefficient (Wildman–Crippen LogP) is 12.1. The Kier molecular flexibility index (Phi) is 7.51. The first-order valence-corrected chi connectivity index (χ1v) is 17.5. The molecule has 1 aliphatic rings. The molecule has 9 rings (SSSR count). The lowest BCUT2D eigenvalue weighted by Gasteiger charge is -2.22. The second-order valence-corrected chi connectivity index (χ2v) is 13.9. The number of fused-ring (bicyclic) bond motifs is 4. The zero-order valence-corrected chi connectivity index (χ0v) is 29.2. The number of rotatable bonds is 5. The van der Waals surface area contributed by atoms with E-state index >= 15 is 0 Å². The minimum Gasteiger partial charge on any atom is -0.256 e. The number of hydrogen-bond acceptors (Lipinski definition) is 4. The molecule has 0 atom stereocenters. The van der Waals surface area contributed by atoms with E-state index in [9.17, 15) is 5.26 Å². The molecule has 1 aliphatic carbocycles. The van der Waals surface area contributed by atoms with E-state index in [1.54, 1.807) is 6.07 Å². The summed E-state index contributed by atoms with van der Waals surface area (Å²) in [5.41, 5.74) is 14.4. The van der Waals surface area contributed by atoms with Crippen molar-refractivity contribution in [3.05, 3.63) is 180 Å². The van der Waals surface area contributed by atoms with Crippen LogP contribution in [0.1, 0.15) is 30.5 Å². The van der Waals surface area contributed by atoms with Crippen molar-refractivity contribution in [2.24, 2.45) is 0 Å². The van der Waals surface area contributed by atoms with Crippen molar-refractivity contribution in [2.45, 2.75) is 19.3 Å². The SMILES string of the molecule is [C-]#[N+]c1cc(C#N)cc2c1-c1ccc(-c3cc(-c4ccc5cccnc5c4)cc(-c4cc(-c5ccccc5)nc(-c5ccccc5)n4)c3)cc1C2(C)C. The zero-order valence-electron chi connectivity index (χ0n) is 29.2. The van der Waals surface area contributed by atoms with Crippen LogP contribution < -0.4 is 0 Å². The molecule has 0 spiro atoms. The fraction of sp³-hybridized carbons (Fsp3) is 0.0625. The highest BCUT2D eigenvalue weighted by Crippen LogP contribution is 2.53. The van der Waals surface area contributed by atoms with Gasteiger partial charge >= 0.3 is 0 Å². The van der Waals surface area contributed by atoms with Gasteiger partial charge in [0.15, 0.2) is 11.5 Å². The Morgan fingerprint density at radius 2 is 1.25 bits per heavy atom. The van der Waals surface area contributed by atoms with Crippen LogP contribution in [0.5, 0.6) is 0 Å². The lowest BCUT2D eigenvalue weighted by molar-refractivity contribution is 0.660. The summed E-state index contributed by atoms with van der Waals surface area (Å²) in [6.07, 6.45) is 1.83. The highest BCUT2D eigenvalue weighted by atomic mass is 14.9. The van der Waals surface area contributed by atoms with E-state index in [1.807, 2.05) is 66.9 Å². The molecule has 5 heteroatoms. The van der Waals surface area contributed by atoms with Crippen LogP contribution in [0.15, 0.2) is 152 Å². The molecule has 8 aromatic rings. The zero-order chi connectivity index (χ0) is 36.1. The molecular weight excluding hydrogens is 647 g/mol. The van der Waals surface area contributed by atoms with Gasteiger partial charge in [-0.25, -0.2) is 14.8 Å². The first kappa shape index (κ1) is 31.7. The third-order valence-corrected chi connectivity index (χ3v) is 10.3. The lowest BCUT2D eigenvalue weighted by Crippen LogP contribution is -2.15. The Bertz CT molecular complexity index is 2770. The summed E-state index contributed by atoms with van der Waals surface area (Å²) in [6, 6.07) is 52.0. The number of nitrogens with zero attached hydrogens (tertiary/aromatic N) is 5. The molecule has 0 N–H and O–H groups in total. The highest BCUT2D eigenvalue weighted by molar-refractivity contribution is 5.93. The molecule has 248 valence electrons. The molecule has 0 bridgehead atoms. The van der Waals surface area contributed by atoms with Crippen LogP contribution in [-0.4, -0.2) is 15.0 Å². The van der Waals surface area contributed by atoms with Crippen LogP contribution in [0.25, 0.3) is 83.0 Å². The molecule has 0 amide bonds. The lowest BCUT2D eigenvalue weighted by atomic mass is 9.81. The van der Waals surface area contributed by atoms with Gasteiger partial charge in [-0.3, -0.25) is 4.98 Å². The van der Waals surface area contributed by atoms with Gasteiger partial charge in [0.2, 0.25) is 0 Å². The number of pyridine rings is 1. The van der Waals surface area contributed by atoms with Crippen molar-refractivity contribution in [2.75, 3.05) is 0 Å². The fourth-order valence-electron chi connectivity index (χ4n) is 7.58. The molecule has 6 aromatic carbocycles. The number of nitriles is 1. The average Bonchev–Trinajstić information content (AvgIpc) is 3.45. The van der Waals surface area contributed by atoms with Crippen molar-refractivity contribution in [3.8, 4) is 73.4 Å². The van der Waals surface area contributed by atoms with Gasteiger partial charge in [0.1, 0.15) is 0 Å². The maximum absolute atomic E-state index is 9.77. The molecule has 2 heterocycles. The maximum Gasteiger partial charge on any atom is 0.196 e. The Hall–Kier alpha value is -7.21. The second-order valence-electron chi connectivity index (χ2n) is 13.9. The number of aromatic nitrogens is 3. The monoisotopic (exact) mass is 677 g/mol. The van der Waals surface area contributed by atoms with E-state index in [-0.39, 0.29) is 0 Å². The fourth-order valence-corrected chi connectivity index (χ4v) is 7.58. The van der Waals surface area contributed by atoms with Crippen LogP contribution in [0.3, 0.4) is 0 Å². The Labute approximate surface area is 308 Å². The van der Waals surface area contributed by atoms with Crippen LogP contribution >= 0.6 is 0 Å². The van der Waals surface area contributed by atoms with Gasteiger partial charge in [-0.2, -0.15) is 5.26 Å². The summed E-state index contributed by atoms with van der Waals surface area (Å²) < 4.78 is 0. The summed E-state index contributed by atoms with van der Waals surface area (Å²) in [5, 5.41) is 10.9. The maximum atomic E-state index is 9.77. The molecule has 0 fully saturated rings. The number of hydrogen-bond donors (Lipinski definition) is 0. The van der Waals surface area contributed by atoms with E-state index in [0.717, 1.165) is 83.5 Å². The van der Waals surface area contributed by atoms with Crippen molar-refractivity contribution in [1.29, 1.82) is 5.26 Å². The highest BCUT2D eigenvalue weighted by Gasteiger charge is 2.37. The van der Waals surface area contributed by atoms with Crippen molar-refractivity contribution >= 4 is 16.6 Å². The van der Waals surface area contributed by atoms with Gasteiger partial charge < -0.3 is 0 Å². The topological polar surface area (TPSA) is 66.8 Å². The molecule has 0 saturated carbocycles. The summed E-state index contributed by atoms with van der Waals surface area (Å²) in [6.45, 7) is 12.3. The third-order valence-electron chi connectivity index (χ3n) is 10.3. The summed E-state index contributed by atoms with van der Waals surface area (Å²) >= 11 is 0. The first-order valence-electron chi connectivity index (χ1n) is 17.5. The molecule has 0 radical (unpaired) electrons. The first-order chi connectivity index (χ1) is 25.9. The molecule has 0 aliphatic heterocycles. The van der Waals surface area contributed by atoms with E-state index in [4.69, 9.17) is 16.5 Å². The smallest absolute Gasteiger partial charge is 0.196 e. The van der Waals surface area contributed by atoms with E-state index < -0.39 is 5.41 Å². The molecule has 0 unspecified atom stereocenters. The van der Waals surface area contributed by atoms with Gasteiger partial charge in [0.25, 0.3) is 0 Å². The Morgan fingerprint density at radius 3 is 1.96 bits per heavy atom. The minimum absolute atomic E-state index is 0.404. The van der Waals surface area contributed by atoms with Gasteiger partial charge in [-0.15, -0.1) is 0 Å². The summed E-state index contributed by atoms with van der Waals surface area (Å²) in [7, 11) is 0. The van der Waals surface area contributed by atoms with E-state index in [2.05, 4.69) is 109 Å². The van der Waals surface area contributed by atoms with Crippen LogP contribution in [0.4, 0.5) is 5.69 Å². The standard InChI is InChI=1S/C48H31N5/c1-48(2)40-26-34(18-19-39(40)46-41(48)21-30(29-49)22-45(46)50-3)36-23-37(35-17-16-32-15-10-20-51-42(32)27-35)25-38(24-36)44-28-43(31-11-6-4-7-12-31)52-47(53-44)33-13-8-5-9-14-33/h4-28H,1-2H3. The molecule has 53 heavy (non-hydrogen) atoms. The minimum atomic E-state index is -0.404. The van der Waals surface area contributed by atoms with Crippen LogP contribution in [-0.2, 0) is 5.41 Å². The van der Waals surface area contributed by atoms with E-state index in [1.165, 1.54) is 0 Å². The third kappa shape index (κ3) is 5.53. The molecule has 0 saturated heterocycles. The molecule has 2 aromatic heterocycles. The quantitative estimate of drug-likeness (QED) is 0.170. The molecule has 5 nitrogen and oxygen atoms in total. The predicted molar refractivity (Wildman–Crippen MR) is 213 cm³/mol. The summed E-state index contributed by atoms with van der Waals surface area (Å²) in [5.74, 6) is 0.660. The van der Waals surface area contributed by atoms with Crippen LogP contribution in [0.2, 0.25) is 0 Å². The van der Waals surface area contributed by atoms with Gasteiger partial charge in [0.05, 0.1) is 29.5 Å². The summed E-state index contributed by atoms with van der Waals surface area (Å²) in [4.78, 5) is 18.7. The number of benzene rings is 6. The second kappa shape index (κ2) is 12.5. The van der Waals surface area contributed by atoms with Gasteiger partial charge in [-0.1, -0.05) is 105 Å². The Balaban J connectivity index is 1.26. The average molecular weight is 678 g/mol. The normalized spacial score (nSPS) is 12.5. The Morgan fingerprint density at radius 1 is 0.585 bits per heavy atom. The van der Waals surface area contributed by atoms with Crippen molar-refractivity contribution in [1.82, 2.24) is 15.0 Å². The van der Waals surface area contributed by atoms with Gasteiger partial charge in [-0.05, 0) is 99.1 Å². The largest absolute Gasteiger partial charge is 0.256 e.